The van der Waals surface area contributed by atoms with Crippen LogP contribution in [0.5, 0.6) is 0 Å². The minimum absolute atomic E-state index is 0.230. The number of amides is 1. The minimum Gasteiger partial charge on any atom is -0.462 e. The van der Waals surface area contributed by atoms with E-state index in [1.807, 2.05) is 4.57 Å². The maximum atomic E-state index is 13.1. The van der Waals surface area contributed by atoms with E-state index >= 15 is 0 Å². The Kier molecular flexibility index (Phi) is 3.97. The average Bonchev–Trinajstić information content (AvgIpc) is 3.34. The lowest BCUT2D eigenvalue weighted by Gasteiger charge is -2.16. The van der Waals surface area contributed by atoms with E-state index in [-0.39, 0.29) is 18.1 Å². The maximum absolute atomic E-state index is 13.1. The van der Waals surface area contributed by atoms with Crippen molar-refractivity contribution in [1.29, 1.82) is 0 Å². The number of hydrogen-bond donors (Lipinski definition) is 0. The Morgan fingerprint density at radius 3 is 2.93 bits per heavy atom. The molecule has 0 saturated heterocycles. The van der Waals surface area contributed by atoms with Crippen LogP contribution in [0, 0.1) is 0 Å². The molecule has 1 aliphatic carbocycles. The smallest absolute Gasteiger partial charge is 0.339 e. The van der Waals surface area contributed by atoms with Gasteiger partial charge in [-0.1, -0.05) is 11.2 Å². The van der Waals surface area contributed by atoms with Crippen molar-refractivity contribution >= 4 is 11.9 Å². The molecule has 9 heteroatoms. The Bertz CT molecular complexity index is 1130. The Balaban J connectivity index is 1.66. The van der Waals surface area contributed by atoms with Crippen molar-refractivity contribution in [3.05, 3.63) is 47.2 Å². The van der Waals surface area contributed by atoms with Crippen molar-refractivity contribution < 1.29 is 18.8 Å². The highest BCUT2D eigenvalue weighted by Crippen LogP contribution is 2.40. The van der Waals surface area contributed by atoms with Crippen LogP contribution in [0.2, 0.25) is 0 Å². The first-order valence-electron chi connectivity index (χ1n) is 9.54. The number of aromatic nitrogens is 4. The number of benzene rings is 1. The number of carbonyl (C=O) groups excluding carboxylic acids is 2. The third kappa shape index (κ3) is 2.81. The summed E-state index contributed by atoms with van der Waals surface area (Å²) in [5.41, 5.74) is 2.42. The SMILES string of the molecule is CCOC(=O)c1cccc2c1C(=O)N(C)Cc1c(-c3noc(C4CC4)n3)ncn1-2. The fourth-order valence-corrected chi connectivity index (χ4v) is 3.58. The Labute approximate surface area is 166 Å². The molecule has 2 aromatic heterocycles. The topological polar surface area (TPSA) is 103 Å². The average molecular weight is 393 g/mol. The van der Waals surface area contributed by atoms with Crippen LogP contribution in [0.3, 0.4) is 0 Å². The Morgan fingerprint density at radius 2 is 2.17 bits per heavy atom. The van der Waals surface area contributed by atoms with Crippen molar-refractivity contribution in [3.63, 3.8) is 0 Å². The zero-order valence-electron chi connectivity index (χ0n) is 16.1. The van der Waals surface area contributed by atoms with Gasteiger partial charge in [0.25, 0.3) is 5.91 Å². The normalized spacial score (nSPS) is 15.7. The van der Waals surface area contributed by atoms with E-state index in [9.17, 15) is 9.59 Å². The summed E-state index contributed by atoms with van der Waals surface area (Å²) in [6, 6.07) is 5.12. The summed E-state index contributed by atoms with van der Waals surface area (Å²) >= 11 is 0. The zero-order valence-corrected chi connectivity index (χ0v) is 16.1. The first-order valence-corrected chi connectivity index (χ1v) is 9.54. The van der Waals surface area contributed by atoms with Gasteiger partial charge in [-0.05, 0) is 31.9 Å². The van der Waals surface area contributed by atoms with Crippen molar-refractivity contribution in [1.82, 2.24) is 24.6 Å². The summed E-state index contributed by atoms with van der Waals surface area (Å²) in [5.74, 6) is 0.595. The number of fused-ring (bicyclic) bond motifs is 3. The molecule has 148 valence electrons. The van der Waals surface area contributed by atoms with E-state index in [4.69, 9.17) is 9.26 Å². The lowest BCUT2D eigenvalue weighted by Crippen LogP contribution is -2.27. The van der Waals surface area contributed by atoms with Gasteiger partial charge in [-0.3, -0.25) is 9.36 Å². The fourth-order valence-electron chi connectivity index (χ4n) is 3.58. The summed E-state index contributed by atoms with van der Waals surface area (Å²) in [5, 5.41) is 4.09. The van der Waals surface area contributed by atoms with Gasteiger partial charge >= 0.3 is 5.97 Å². The van der Waals surface area contributed by atoms with Gasteiger partial charge in [0.15, 0.2) is 0 Å². The molecular weight excluding hydrogens is 374 g/mol. The second-order valence-electron chi connectivity index (χ2n) is 7.22. The van der Waals surface area contributed by atoms with Crippen molar-refractivity contribution in [2.24, 2.45) is 0 Å². The summed E-state index contributed by atoms with van der Waals surface area (Å²) < 4.78 is 12.3. The summed E-state index contributed by atoms with van der Waals surface area (Å²) in [6.45, 7) is 2.25. The molecule has 0 bridgehead atoms. The standard InChI is InChI=1S/C20H19N5O4/c1-3-28-20(27)12-5-4-6-13-15(12)19(26)24(2)9-14-16(21-10-25(13)14)17-22-18(29-23-17)11-7-8-11/h4-6,10-11H,3,7-9H2,1-2H3. The molecule has 29 heavy (non-hydrogen) atoms. The van der Waals surface area contributed by atoms with Gasteiger partial charge in [-0.15, -0.1) is 0 Å². The van der Waals surface area contributed by atoms with E-state index in [2.05, 4.69) is 15.1 Å². The first kappa shape index (κ1) is 17.6. The molecule has 1 aliphatic heterocycles. The predicted octanol–water partition coefficient (Wildman–Crippen LogP) is 2.56. The lowest BCUT2D eigenvalue weighted by atomic mass is 10.0. The van der Waals surface area contributed by atoms with Crippen LogP contribution < -0.4 is 0 Å². The fraction of sp³-hybridized carbons (Fsp3) is 0.350. The van der Waals surface area contributed by atoms with Gasteiger partial charge < -0.3 is 14.2 Å². The zero-order chi connectivity index (χ0) is 20.1. The number of imidazole rings is 1. The van der Waals surface area contributed by atoms with Crippen LogP contribution in [0.15, 0.2) is 29.0 Å². The van der Waals surface area contributed by atoms with Gasteiger partial charge in [0.05, 0.1) is 35.7 Å². The largest absolute Gasteiger partial charge is 0.462 e. The second kappa shape index (κ2) is 6.54. The van der Waals surface area contributed by atoms with Gasteiger partial charge in [-0.25, -0.2) is 9.78 Å². The van der Waals surface area contributed by atoms with E-state index in [0.717, 1.165) is 18.5 Å². The Morgan fingerprint density at radius 1 is 1.34 bits per heavy atom. The highest BCUT2D eigenvalue weighted by molar-refractivity contribution is 6.08. The molecule has 1 fully saturated rings. The molecule has 1 amide bonds. The second-order valence-corrected chi connectivity index (χ2v) is 7.22. The van der Waals surface area contributed by atoms with Crippen molar-refractivity contribution in [2.45, 2.75) is 32.2 Å². The quantitative estimate of drug-likeness (QED) is 0.628. The van der Waals surface area contributed by atoms with Crippen molar-refractivity contribution in [3.8, 4) is 17.2 Å². The summed E-state index contributed by atoms with van der Waals surface area (Å²) in [4.78, 5) is 36.1. The lowest BCUT2D eigenvalue weighted by molar-refractivity contribution is 0.0520. The molecule has 2 aliphatic rings. The molecule has 0 unspecified atom stereocenters. The molecule has 0 N–H and O–H groups in total. The minimum atomic E-state index is -0.526. The first-order chi connectivity index (χ1) is 14.1. The molecular formula is C20H19N5O4. The van der Waals surface area contributed by atoms with Gasteiger partial charge in [0.2, 0.25) is 11.7 Å². The number of esters is 1. The highest BCUT2D eigenvalue weighted by Gasteiger charge is 2.33. The number of nitrogens with zero attached hydrogens (tertiary/aromatic N) is 5. The van der Waals surface area contributed by atoms with Crippen LogP contribution in [0.1, 0.15) is 58.0 Å². The number of ether oxygens (including phenoxy) is 1. The van der Waals surface area contributed by atoms with Crippen LogP contribution in [0.4, 0.5) is 0 Å². The third-order valence-electron chi connectivity index (χ3n) is 5.19. The molecule has 0 radical (unpaired) electrons. The van der Waals surface area contributed by atoms with Gasteiger partial charge in [0, 0.05) is 13.0 Å². The monoisotopic (exact) mass is 393 g/mol. The molecule has 1 aromatic carbocycles. The molecule has 1 saturated carbocycles. The van der Waals surface area contributed by atoms with E-state index in [1.165, 1.54) is 0 Å². The Hall–Kier alpha value is -3.49. The molecule has 9 nitrogen and oxygen atoms in total. The van der Waals surface area contributed by atoms with E-state index < -0.39 is 5.97 Å². The summed E-state index contributed by atoms with van der Waals surface area (Å²) in [6.07, 6.45) is 3.74. The van der Waals surface area contributed by atoms with E-state index in [0.29, 0.717) is 41.1 Å². The van der Waals surface area contributed by atoms with Crippen LogP contribution in [-0.4, -0.2) is 50.1 Å². The van der Waals surface area contributed by atoms with Gasteiger partial charge in [-0.2, -0.15) is 4.98 Å². The molecule has 3 heterocycles. The number of hydrogen-bond acceptors (Lipinski definition) is 7. The van der Waals surface area contributed by atoms with Gasteiger partial charge in [0.1, 0.15) is 12.0 Å². The summed E-state index contributed by atoms with van der Waals surface area (Å²) in [7, 11) is 1.69. The third-order valence-corrected chi connectivity index (χ3v) is 5.19. The van der Waals surface area contributed by atoms with E-state index in [1.54, 1.807) is 43.4 Å². The number of carbonyl (C=O) groups is 2. The van der Waals surface area contributed by atoms with Crippen LogP contribution >= 0.6 is 0 Å². The highest BCUT2D eigenvalue weighted by atomic mass is 16.5. The molecule has 5 rings (SSSR count). The number of rotatable bonds is 4. The molecule has 3 aromatic rings. The predicted molar refractivity (Wildman–Crippen MR) is 101 cm³/mol. The molecule has 0 spiro atoms. The molecule has 0 atom stereocenters. The van der Waals surface area contributed by atoms with Crippen LogP contribution in [-0.2, 0) is 11.3 Å². The van der Waals surface area contributed by atoms with Crippen LogP contribution in [0.25, 0.3) is 17.2 Å². The maximum Gasteiger partial charge on any atom is 0.339 e. The van der Waals surface area contributed by atoms with Crippen molar-refractivity contribution in [2.75, 3.05) is 13.7 Å².